The van der Waals surface area contributed by atoms with Crippen LogP contribution in [-0.2, 0) is 10.0 Å². The number of nitrogens with zero attached hydrogens (tertiary/aromatic N) is 2. The standard InChI is InChI=1S/C24H32N2O4S/c1-20(2)23-10-6-7-11-24(23)30-19-22(27)18-25-13-15-26(16-14-25)31(28,29)17-12-21-8-4-3-5-9-21/h3-12,17,20,22,27H,13-16,18-19H2,1-2H3/b17-12+. The third-order valence-electron chi connectivity index (χ3n) is 5.36. The number of aliphatic hydroxyl groups is 1. The van der Waals surface area contributed by atoms with Gasteiger partial charge in [0.2, 0.25) is 10.0 Å². The van der Waals surface area contributed by atoms with E-state index in [-0.39, 0.29) is 6.61 Å². The Balaban J connectivity index is 1.46. The third-order valence-corrected chi connectivity index (χ3v) is 6.93. The molecule has 0 bridgehead atoms. The van der Waals surface area contributed by atoms with Crippen LogP contribution in [0, 0.1) is 0 Å². The highest BCUT2D eigenvalue weighted by Crippen LogP contribution is 2.26. The van der Waals surface area contributed by atoms with Gasteiger partial charge in [-0.15, -0.1) is 0 Å². The topological polar surface area (TPSA) is 70.1 Å². The number of benzene rings is 2. The first-order valence-corrected chi connectivity index (χ1v) is 12.2. The lowest BCUT2D eigenvalue weighted by molar-refractivity contribution is 0.0567. The van der Waals surface area contributed by atoms with Gasteiger partial charge < -0.3 is 9.84 Å². The van der Waals surface area contributed by atoms with Gasteiger partial charge in [0.1, 0.15) is 18.5 Å². The highest BCUT2D eigenvalue weighted by molar-refractivity contribution is 7.92. The van der Waals surface area contributed by atoms with Crippen molar-refractivity contribution in [2.45, 2.75) is 25.9 Å². The van der Waals surface area contributed by atoms with E-state index in [1.807, 2.05) is 54.6 Å². The average molecular weight is 445 g/mol. The van der Waals surface area contributed by atoms with Gasteiger partial charge in [0, 0.05) is 38.1 Å². The second-order valence-corrected chi connectivity index (χ2v) is 9.93. The molecule has 6 nitrogen and oxygen atoms in total. The molecule has 168 valence electrons. The number of ether oxygens (including phenoxy) is 1. The fourth-order valence-corrected chi connectivity index (χ4v) is 4.78. The third kappa shape index (κ3) is 6.90. The molecule has 1 N–H and O–H groups in total. The van der Waals surface area contributed by atoms with E-state index in [9.17, 15) is 13.5 Å². The SMILES string of the molecule is CC(C)c1ccccc1OCC(O)CN1CCN(S(=O)(=O)/C=C/c2ccccc2)CC1. The molecule has 31 heavy (non-hydrogen) atoms. The lowest BCUT2D eigenvalue weighted by Gasteiger charge is -2.34. The Morgan fingerprint density at radius 1 is 1.00 bits per heavy atom. The summed E-state index contributed by atoms with van der Waals surface area (Å²) in [5, 5.41) is 11.7. The van der Waals surface area contributed by atoms with Crippen LogP contribution < -0.4 is 4.74 Å². The molecule has 0 radical (unpaired) electrons. The van der Waals surface area contributed by atoms with Gasteiger partial charge in [-0.05, 0) is 29.2 Å². The van der Waals surface area contributed by atoms with Crippen LogP contribution in [0.25, 0.3) is 6.08 Å². The Hall–Kier alpha value is -2.19. The quantitative estimate of drug-likeness (QED) is 0.643. The smallest absolute Gasteiger partial charge is 0.236 e. The van der Waals surface area contributed by atoms with Gasteiger partial charge in [0.05, 0.1) is 0 Å². The molecule has 0 saturated carbocycles. The molecule has 3 rings (SSSR count). The predicted molar refractivity (Wildman–Crippen MR) is 124 cm³/mol. The number of hydrogen-bond donors (Lipinski definition) is 1. The first-order valence-electron chi connectivity index (χ1n) is 10.7. The van der Waals surface area contributed by atoms with Crippen LogP contribution in [0.4, 0.5) is 0 Å². The van der Waals surface area contributed by atoms with Gasteiger partial charge in [-0.25, -0.2) is 8.42 Å². The number of sulfonamides is 1. The summed E-state index contributed by atoms with van der Waals surface area (Å²) in [6, 6.07) is 17.3. The van der Waals surface area contributed by atoms with Crippen molar-refractivity contribution in [1.29, 1.82) is 0 Å². The van der Waals surface area contributed by atoms with Gasteiger partial charge in [-0.3, -0.25) is 4.90 Å². The van der Waals surface area contributed by atoms with Gasteiger partial charge in [-0.2, -0.15) is 4.31 Å². The molecule has 1 aliphatic heterocycles. The summed E-state index contributed by atoms with van der Waals surface area (Å²) in [5.41, 5.74) is 1.98. The summed E-state index contributed by atoms with van der Waals surface area (Å²) in [7, 11) is -3.45. The van der Waals surface area contributed by atoms with Gasteiger partial charge in [0.25, 0.3) is 0 Å². The molecule has 1 saturated heterocycles. The summed E-state index contributed by atoms with van der Waals surface area (Å²) < 4.78 is 32.5. The Morgan fingerprint density at radius 3 is 2.32 bits per heavy atom. The van der Waals surface area contributed by atoms with Gasteiger partial charge >= 0.3 is 0 Å². The zero-order chi connectivity index (χ0) is 22.3. The van der Waals surface area contributed by atoms with Crippen LogP contribution in [0.5, 0.6) is 5.75 Å². The van der Waals surface area contributed by atoms with Crippen LogP contribution in [0.2, 0.25) is 0 Å². The van der Waals surface area contributed by atoms with Crippen LogP contribution in [0.3, 0.4) is 0 Å². The molecule has 2 aromatic rings. The van der Waals surface area contributed by atoms with Gasteiger partial charge in [0.15, 0.2) is 0 Å². The molecule has 1 atom stereocenters. The minimum absolute atomic E-state index is 0.210. The fraction of sp³-hybridized carbons (Fsp3) is 0.417. The molecule has 0 aliphatic carbocycles. The number of piperazine rings is 1. The van der Waals surface area contributed by atoms with Crippen LogP contribution in [0.15, 0.2) is 60.0 Å². The number of β-amino-alcohol motifs (C(OH)–C–C–N with tert-alkyl or cyclic N) is 1. The zero-order valence-electron chi connectivity index (χ0n) is 18.2. The molecule has 7 heteroatoms. The largest absolute Gasteiger partial charge is 0.491 e. The van der Waals surface area contributed by atoms with E-state index in [1.54, 1.807) is 6.08 Å². The fourth-order valence-electron chi connectivity index (χ4n) is 3.61. The van der Waals surface area contributed by atoms with Crippen molar-refractivity contribution in [2.24, 2.45) is 0 Å². The second kappa shape index (κ2) is 10.9. The van der Waals surface area contributed by atoms with Crippen molar-refractivity contribution >= 4 is 16.1 Å². The maximum atomic E-state index is 12.6. The van der Waals surface area contributed by atoms with E-state index in [2.05, 4.69) is 18.7 Å². The first kappa shape index (κ1) is 23.5. The van der Waals surface area contributed by atoms with Crippen molar-refractivity contribution < 1.29 is 18.3 Å². The molecule has 1 fully saturated rings. The van der Waals surface area contributed by atoms with Crippen molar-refractivity contribution in [3.63, 3.8) is 0 Å². The van der Waals surface area contributed by atoms with Crippen molar-refractivity contribution in [3.05, 3.63) is 71.1 Å². The summed E-state index contributed by atoms with van der Waals surface area (Å²) >= 11 is 0. The summed E-state index contributed by atoms with van der Waals surface area (Å²) in [6.45, 7) is 6.87. The Kier molecular flexibility index (Phi) is 8.26. The van der Waals surface area contributed by atoms with Gasteiger partial charge in [-0.1, -0.05) is 62.4 Å². The number of para-hydroxylation sites is 1. The summed E-state index contributed by atoms with van der Waals surface area (Å²) in [5.74, 6) is 1.15. The number of hydrogen-bond acceptors (Lipinski definition) is 5. The highest BCUT2D eigenvalue weighted by atomic mass is 32.2. The molecule has 1 heterocycles. The van der Waals surface area contributed by atoms with E-state index >= 15 is 0 Å². The first-order chi connectivity index (χ1) is 14.8. The number of rotatable bonds is 9. The van der Waals surface area contributed by atoms with E-state index < -0.39 is 16.1 Å². The normalized spacial score (nSPS) is 17.3. The minimum Gasteiger partial charge on any atom is -0.491 e. The van der Waals surface area contributed by atoms with Crippen LogP contribution in [0.1, 0.15) is 30.9 Å². The molecule has 1 unspecified atom stereocenters. The molecule has 2 aromatic carbocycles. The lowest BCUT2D eigenvalue weighted by Crippen LogP contribution is -2.50. The molecule has 0 amide bonds. The predicted octanol–water partition coefficient (Wildman–Crippen LogP) is 3.17. The molecule has 0 aromatic heterocycles. The number of aliphatic hydroxyl groups excluding tert-OH is 1. The van der Waals surface area contributed by atoms with E-state index in [4.69, 9.17) is 4.74 Å². The van der Waals surface area contributed by atoms with Crippen LogP contribution >= 0.6 is 0 Å². The van der Waals surface area contributed by atoms with Crippen molar-refractivity contribution in [2.75, 3.05) is 39.3 Å². The Bertz CT molecular complexity index is 953. The zero-order valence-corrected chi connectivity index (χ0v) is 19.0. The van der Waals surface area contributed by atoms with Crippen LogP contribution in [-0.4, -0.2) is 68.2 Å². The lowest BCUT2D eigenvalue weighted by atomic mass is 10.0. The van der Waals surface area contributed by atoms with Crippen molar-refractivity contribution in [1.82, 2.24) is 9.21 Å². The monoisotopic (exact) mass is 444 g/mol. The van der Waals surface area contributed by atoms with Crippen molar-refractivity contribution in [3.8, 4) is 5.75 Å². The molecule has 1 aliphatic rings. The maximum absolute atomic E-state index is 12.6. The minimum atomic E-state index is -3.45. The van der Waals surface area contributed by atoms with E-state index in [0.717, 1.165) is 16.9 Å². The maximum Gasteiger partial charge on any atom is 0.236 e. The second-order valence-electron chi connectivity index (χ2n) is 8.12. The Morgan fingerprint density at radius 2 is 1.65 bits per heavy atom. The highest BCUT2D eigenvalue weighted by Gasteiger charge is 2.26. The molecular weight excluding hydrogens is 412 g/mol. The molecule has 0 spiro atoms. The molecular formula is C24H32N2O4S. The Labute approximate surface area is 185 Å². The van der Waals surface area contributed by atoms with E-state index in [1.165, 1.54) is 9.71 Å². The summed E-state index contributed by atoms with van der Waals surface area (Å²) in [4.78, 5) is 2.08. The summed E-state index contributed by atoms with van der Waals surface area (Å²) in [6.07, 6.45) is 0.985. The average Bonchev–Trinajstić information content (AvgIpc) is 2.77. The van der Waals surface area contributed by atoms with E-state index in [0.29, 0.717) is 38.6 Å².